The Morgan fingerprint density at radius 2 is 1.76 bits per heavy atom. The summed E-state index contributed by atoms with van der Waals surface area (Å²) < 4.78 is 7.23. The monoisotopic (exact) mass is 682 g/mol. The van der Waals surface area contributed by atoms with Crippen LogP contribution in [0.15, 0.2) is 68.4 Å². The van der Waals surface area contributed by atoms with Gasteiger partial charge in [-0.25, -0.2) is 0 Å². The Morgan fingerprint density at radius 3 is 2.43 bits per heavy atom. The smallest absolute Gasteiger partial charge is 0.294 e. The van der Waals surface area contributed by atoms with Gasteiger partial charge in [0, 0.05) is 21.3 Å². The molecule has 1 heterocycles. The fourth-order valence-corrected chi connectivity index (χ4v) is 6.03. The van der Waals surface area contributed by atoms with E-state index in [0.29, 0.717) is 36.0 Å². The van der Waals surface area contributed by atoms with Crippen LogP contribution in [0.3, 0.4) is 0 Å². The van der Waals surface area contributed by atoms with E-state index in [2.05, 4.69) is 37.2 Å². The Morgan fingerprint density at radius 1 is 1.05 bits per heavy atom. The molecule has 37 heavy (non-hydrogen) atoms. The van der Waals surface area contributed by atoms with E-state index < -0.39 is 23.6 Å². The average molecular weight is 685 g/mol. The molecule has 3 aromatic rings. The molecule has 0 atom stereocenters. The second-order valence-electron chi connectivity index (χ2n) is 7.97. The first-order valence-electron chi connectivity index (χ1n) is 10.8. The highest BCUT2D eigenvalue weighted by atomic mass is 79.9. The number of aryl methyl sites for hydroxylation is 1. The number of anilines is 1. The van der Waals surface area contributed by atoms with Crippen LogP contribution in [-0.2, 0) is 16.2 Å². The summed E-state index contributed by atoms with van der Waals surface area (Å²) in [6.45, 7) is 1.71. The van der Waals surface area contributed by atoms with Crippen LogP contribution in [0.5, 0.6) is 5.75 Å². The molecule has 1 aliphatic rings. The number of rotatable bonds is 7. The number of imide groups is 1. The van der Waals surface area contributed by atoms with Crippen LogP contribution >= 0.6 is 66.8 Å². The summed E-state index contributed by atoms with van der Waals surface area (Å²) in [6, 6.07) is 16.0. The molecule has 1 fully saturated rings. The number of hydrogen-bond donors (Lipinski definition) is 1. The Balaban J connectivity index is 1.44. The molecule has 0 unspecified atom stereocenters. The normalized spacial score (nSPS) is 14.4. The van der Waals surface area contributed by atoms with Gasteiger partial charge in [0.15, 0.2) is 0 Å². The summed E-state index contributed by atoms with van der Waals surface area (Å²) in [4.78, 5) is 39.0. The van der Waals surface area contributed by atoms with Gasteiger partial charge in [-0.05, 0) is 98.1 Å². The third-order valence-corrected chi connectivity index (χ3v) is 8.14. The summed E-state index contributed by atoms with van der Waals surface area (Å²) in [6.07, 6.45) is 1.59. The molecule has 3 aromatic carbocycles. The Bertz CT molecular complexity index is 1420. The molecule has 3 amide bonds. The molecule has 11 heteroatoms. The molecule has 0 radical (unpaired) electrons. The van der Waals surface area contributed by atoms with Crippen molar-refractivity contribution >= 4 is 95.6 Å². The highest BCUT2D eigenvalue weighted by molar-refractivity contribution is 9.11. The topological polar surface area (TPSA) is 75.7 Å². The quantitative estimate of drug-likeness (QED) is 0.255. The summed E-state index contributed by atoms with van der Waals surface area (Å²) >= 11 is 20.1. The first-order chi connectivity index (χ1) is 17.6. The van der Waals surface area contributed by atoms with Gasteiger partial charge in [-0.15, -0.1) is 0 Å². The first-order valence-corrected chi connectivity index (χ1v) is 13.9. The van der Waals surface area contributed by atoms with Crippen molar-refractivity contribution < 1.29 is 19.1 Å². The van der Waals surface area contributed by atoms with Crippen molar-refractivity contribution in [3.8, 4) is 5.75 Å². The molecule has 1 aliphatic heterocycles. The average Bonchev–Trinajstić information content (AvgIpc) is 3.09. The molecule has 0 saturated carbocycles. The number of carbonyl (C=O) groups excluding carboxylic acids is 3. The second-order valence-corrected chi connectivity index (χ2v) is 11.5. The lowest BCUT2D eigenvalue weighted by atomic mass is 10.2. The molecule has 4 rings (SSSR count). The highest BCUT2D eigenvalue weighted by Crippen LogP contribution is 2.38. The van der Waals surface area contributed by atoms with Gasteiger partial charge in [0.25, 0.3) is 11.1 Å². The van der Waals surface area contributed by atoms with Gasteiger partial charge in [-0.3, -0.25) is 19.3 Å². The van der Waals surface area contributed by atoms with Crippen molar-refractivity contribution in [1.29, 1.82) is 0 Å². The highest BCUT2D eigenvalue weighted by Gasteiger charge is 2.36. The number of nitrogens with zero attached hydrogens (tertiary/aromatic N) is 1. The van der Waals surface area contributed by atoms with Crippen molar-refractivity contribution in [2.24, 2.45) is 0 Å². The van der Waals surface area contributed by atoms with Gasteiger partial charge in [-0.2, -0.15) is 0 Å². The molecule has 6 nitrogen and oxygen atoms in total. The predicted octanol–water partition coefficient (Wildman–Crippen LogP) is 8.08. The van der Waals surface area contributed by atoms with Crippen LogP contribution < -0.4 is 10.1 Å². The van der Waals surface area contributed by atoms with Gasteiger partial charge >= 0.3 is 0 Å². The van der Waals surface area contributed by atoms with Crippen molar-refractivity contribution in [2.75, 3.05) is 11.9 Å². The molecular formula is C26H18Br2Cl2N2O4S. The molecule has 0 bridgehead atoms. The van der Waals surface area contributed by atoms with Crippen LogP contribution in [0, 0.1) is 6.92 Å². The number of thioether (sulfide) groups is 1. The standard InChI is InChI=1S/C26H18Br2Cl2N2O4S/c1-14-6-7-17(11-21(14)30)31-23(33)12-32-25(34)22(37-26(32)35)10-15-8-18(27)24(19(28)9-15)36-13-16-4-2-3-5-20(16)29/h2-11H,12-13H2,1H3,(H,31,33)/b22-10+. The first kappa shape index (κ1) is 27.7. The Hall–Kier alpha value is -2.30. The maximum atomic E-state index is 12.9. The number of carbonyl (C=O) groups is 3. The Labute approximate surface area is 244 Å². The van der Waals surface area contributed by atoms with Crippen molar-refractivity contribution in [3.63, 3.8) is 0 Å². The number of hydrogen-bond acceptors (Lipinski definition) is 5. The number of nitrogens with one attached hydrogen (secondary N) is 1. The van der Waals surface area contributed by atoms with E-state index in [-0.39, 0.29) is 11.5 Å². The van der Waals surface area contributed by atoms with Gasteiger partial charge < -0.3 is 10.1 Å². The fourth-order valence-electron chi connectivity index (χ4n) is 3.37. The summed E-state index contributed by atoms with van der Waals surface area (Å²) in [5.74, 6) is -0.481. The molecule has 190 valence electrons. The minimum atomic E-state index is -0.543. The molecule has 0 spiro atoms. The van der Waals surface area contributed by atoms with E-state index in [9.17, 15) is 14.4 Å². The predicted molar refractivity (Wildman–Crippen MR) is 155 cm³/mol. The molecular weight excluding hydrogens is 667 g/mol. The second kappa shape index (κ2) is 12.0. The van der Waals surface area contributed by atoms with Crippen molar-refractivity contribution in [2.45, 2.75) is 13.5 Å². The lowest BCUT2D eigenvalue weighted by molar-refractivity contribution is -0.127. The summed E-state index contributed by atoms with van der Waals surface area (Å²) in [5, 5.41) is 3.25. The minimum absolute atomic E-state index is 0.208. The van der Waals surface area contributed by atoms with Crippen LogP contribution in [0.2, 0.25) is 10.0 Å². The zero-order chi connectivity index (χ0) is 26.7. The van der Waals surface area contributed by atoms with E-state index in [4.69, 9.17) is 27.9 Å². The summed E-state index contributed by atoms with van der Waals surface area (Å²) in [5.41, 5.74) is 2.85. The Kier molecular flexibility index (Phi) is 9.03. The van der Waals surface area contributed by atoms with Crippen molar-refractivity contribution in [3.05, 3.63) is 95.2 Å². The lowest BCUT2D eigenvalue weighted by Gasteiger charge is -2.13. The van der Waals surface area contributed by atoms with Gasteiger partial charge in [0.05, 0.1) is 13.9 Å². The fraction of sp³-hybridized carbons (Fsp3) is 0.115. The number of halogens is 4. The van der Waals surface area contributed by atoms with Crippen LogP contribution in [0.1, 0.15) is 16.7 Å². The SMILES string of the molecule is Cc1ccc(NC(=O)CN2C(=O)S/C(=C/c3cc(Br)c(OCc4ccccc4Cl)c(Br)c3)C2=O)cc1Cl. The summed E-state index contributed by atoms with van der Waals surface area (Å²) in [7, 11) is 0. The molecule has 0 aliphatic carbocycles. The van der Waals surface area contributed by atoms with Crippen LogP contribution in [0.4, 0.5) is 10.5 Å². The maximum absolute atomic E-state index is 12.9. The largest absolute Gasteiger partial charge is 0.486 e. The minimum Gasteiger partial charge on any atom is -0.486 e. The maximum Gasteiger partial charge on any atom is 0.294 e. The molecule has 0 aromatic heterocycles. The third-order valence-electron chi connectivity index (χ3n) is 5.28. The van der Waals surface area contributed by atoms with Crippen LogP contribution in [-0.4, -0.2) is 28.5 Å². The zero-order valence-electron chi connectivity index (χ0n) is 19.2. The number of amides is 3. The lowest BCUT2D eigenvalue weighted by Crippen LogP contribution is -2.36. The molecule has 1 saturated heterocycles. The van der Waals surface area contributed by atoms with Gasteiger partial charge in [0.1, 0.15) is 18.9 Å². The van der Waals surface area contributed by atoms with E-state index in [1.165, 1.54) is 0 Å². The van der Waals surface area contributed by atoms with E-state index in [1.54, 1.807) is 42.5 Å². The van der Waals surface area contributed by atoms with E-state index in [1.807, 2.05) is 25.1 Å². The zero-order valence-corrected chi connectivity index (χ0v) is 24.7. The van der Waals surface area contributed by atoms with Crippen LogP contribution in [0.25, 0.3) is 6.08 Å². The number of benzene rings is 3. The van der Waals surface area contributed by atoms with Crippen molar-refractivity contribution in [1.82, 2.24) is 4.90 Å². The van der Waals surface area contributed by atoms with E-state index >= 15 is 0 Å². The van der Waals surface area contributed by atoms with Gasteiger partial charge in [-0.1, -0.05) is 47.5 Å². The van der Waals surface area contributed by atoms with E-state index in [0.717, 1.165) is 27.8 Å². The van der Waals surface area contributed by atoms with Gasteiger partial charge in [0.2, 0.25) is 5.91 Å². The molecule has 1 N–H and O–H groups in total. The third kappa shape index (κ3) is 6.78. The number of ether oxygens (including phenoxy) is 1.